The van der Waals surface area contributed by atoms with Gasteiger partial charge in [0.15, 0.2) is 0 Å². The van der Waals surface area contributed by atoms with E-state index in [0.29, 0.717) is 25.7 Å². The van der Waals surface area contributed by atoms with E-state index in [2.05, 4.69) is 0 Å². The molecule has 78 valence electrons. The van der Waals surface area contributed by atoms with Gasteiger partial charge in [0.1, 0.15) is 0 Å². The number of nitrogens with zero attached hydrogens (tertiary/aromatic N) is 2. The van der Waals surface area contributed by atoms with Crippen molar-refractivity contribution in [2.45, 2.75) is 12.5 Å². The minimum Gasteiger partial charge on any atom is -0.373 e. The van der Waals surface area contributed by atoms with E-state index in [1.807, 2.05) is 0 Å². The Hall–Kier alpha value is -1.10. The number of hydrogen-bond donors (Lipinski definition) is 0. The van der Waals surface area contributed by atoms with Crippen molar-refractivity contribution < 1.29 is 14.3 Å². The van der Waals surface area contributed by atoms with Crippen LogP contribution in [-0.4, -0.2) is 61.0 Å². The average molecular weight is 198 g/mol. The lowest BCUT2D eigenvalue weighted by molar-refractivity contribution is -0.154. The first-order chi connectivity index (χ1) is 6.68. The molecule has 0 saturated carbocycles. The van der Waals surface area contributed by atoms with Crippen LogP contribution < -0.4 is 0 Å². The van der Waals surface area contributed by atoms with Gasteiger partial charge in [-0.2, -0.15) is 0 Å². The molecule has 1 unspecified atom stereocenters. The molecular weight excluding hydrogens is 184 g/mol. The highest BCUT2D eigenvalue weighted by Gasteiger charge is 2.31. The molecule has 5 heteroatoms. The van der Waals surface area contributed by atoms with E-state index in [0.717, 1.165) is 13.0 Å². The molecule has 0 aliphatic carbocycles. The lowest BCUT2D eigenvalue weighted by atomic mass is 10.2. The maximum absolute atomic E-state index is 11.5. The normalized spacial score (nSPS) is 27.1. The topological polar surface area (TPSA) is 53.1 Å². The molecule has 14 heavy (non-hydrogen) atoms. The molecule has 2 amide bonds. The van der Waals surface area contributed by atoms with Crippen LogP contribution in [0.4, 0.5) is 0 Å². The van der Waals surface area contributed by atoms with Gasteiger partial charge in [-0.1, -0.05) is 0 Å². The van der Waals surface area contributed by atoms with Crippen molar-refractivity contribution in [3.05, 3.63) is 0 Å². The Morgan fingerprint density at radius 3 is 2.71 bits per heavy atom. The quantitative estimate of drug-likeness (QED) is 0.435. The van der Waals surface area contributed by atoms with Crippen LogP contribution in [0.15, 0.2) is 0 Å². The van der Waals surface area contributed by atoms with Crippen LogP contribution in [0.5, 0.6) is 0 Å². The van der Waals surface area contributed by atoms with Gasteiger partial charge in [0.2, 0.25) is 0 Å². The first-order valence-electron chi connectivity index (χ1n) is 4.84. The zero-order valence-corrected chi connectivity index (χ0v) is 8.23. The number of hydrogen-bond acceptors (Lipinski definition) is 3. The Balaban J connectivity index is 1.85. The Kier molecular flexibility index (Phi) is 2.41. The molecule has 2 rings (SSSR count). The van der Waals surface area contributed by atoms with Gasteiger partial charge in [-0.25, -0.2) is 0 Å². The average Bonchev–Trinajstić information content (AvgIpc) is 2.97. The van der Waals surface area contributed by atoms with E-state index in [-0.39, 0.29) is 5.91 Å². The van der Waals surface area contributed by atoms with Crippen LogP contribution in [0.2, 0.25) is 0 Å². The molecule has 5 nitrogen and oxygen atoms in total. The number of epoxide rings is 1. The summed E-state index contributed by atoms with van der Waals surface area (Å²) in [5.74, 6) is -0.771. The van der Waals surface area contributed by atoms with Gasteiger partial charge in [0.05, 0.1) is 12.7 Å². The number of rotatable bonds is 3. The highest BCUT2D eigenvalue weighted by Crippen LogP contribution is 2.14. The van der Waals surface area contributed by atoms with Crippen LogP contribution in [0.3, 0.4) is 0 Å². The lowest BCUT2D eigenvalue weighted by Crippen LogP contribution is -2.53. The summed E-state index contributed by atoms with van der Waals surface area (Å²) in [7, 11) is 1.65. The maximum atomic E-state index is 11.5. The van der Waals surface area contributed by atoms with E-state index in [1.54, 1.807) is 11.9 Å². The maximum Gasteiger partial charge on any atom is 0.312 e. The van der Waals surface area contributed by atoms with Crippen molar-refractivity contribution in [2.75, 3.05) is 33.3 Å². The predicted octanol–water partition coefficient (Wildman–Crippen LogP) is -0.924. The summed E-state index contributed by atoms with van der Waals surface area (Å²) in [5.41, 5.74) is 0. The van der Waals surface area contributed by atoms with Crippen molar-refractivity contribution >= 4 is 11.8 Å². The molecule has 0 aromatic carbocycles. The monoisotopic (exact) mass is 198 g/mol. The molecule has 0 N–H and O–H groups in total. The molecule has 2 saturated heterocycles. The van der Waals surface area contributed by atoms with Crippen molar-refractivity contribution in [3.63, 3.8) is 0 Å². The van der Waals surface area contributed by atoms with Gasteiger partial charge in [-0.15, -0.1) is 0 Å². The summed E-state index contributed by atoms with van der Waals surface area (Å²) >= 11 is 0. The first kappa shape index (κ1) is 9.45. The smallest absolute Gasteiger partial charge is 0.312 e. The third-order valence-corrected chi connectivity index (χ3v) is 2.65. The highest BCUT2D eigenvalue weighted by molar-refractivity contribution is 6.35. The summed E-state index contributed by atoms with van der Waals surface area (Å²) in [5, 5.41) is 0. The second-order valence-electron chi connectivity index (χ2n) is 3.76. The molecule has 0 radical (unpaired) electrons. The van der Waals surface area contributed by atoms with E-state index >= 15 is 0 Å². The fraction of sp³-hybridized carbons (Fsp3) is 0.778. The van der Waals surface area contributed by atoms with Crippen LogP contribution in [-0.2, 0) is 14.3 Å². The van der Waals surface area contributed by atoms with E-state index in [4.69, 9.17) is 4.74 Å². The number of amides is 2. The second kappa shape index (κ2) is 3.57. The lowest BCUT2D eigenvalue weighted by Gasteiger charge is -2.31. The van der Waals surface area contributed by atoms with Crippen LogP contribution >= 0.6 is 0 Å². The first-order valence-corrected chi connectivity index (χ1v) is 4.84. The summed E-state index contributed by atoms with van der Waals surface area (Å²) in [6.45, 7) is 2.73. The van der Waals surface area contributed by atoms with Crippen molar-refractivity contribution in [2.24, 2.45) is 0 Å². The van der Waals surface area contributed by atoms with Crippen molar-refractivity contribution in [1.29, 1.82) is 0 Å². The van der Waals surface area contributed by atoms with Crippen LogP contribution in [0.1, 0.15) is 6.42 Å². The zero-order chi connectivity index (χ0) is 10.1. The number of likely N-dealkylation sites (N-methyl/N-ethyl adjacent to an activating group) is 1. The minimum atomic E-state index is -0.395. The van der Waals surface area contributed by atoms with Crippen LogP contribution in [0, 0.1) is 0 Å². The molecule has 1 atom stereocenters. The molecule has 0 aromatic heterocycles. The minimum absolute atomic E-state index is 0.317. The third-order valence-electron chi connectivity index (χ3n) is 2.65. The molecule has 2 heterocycles. The Bertz CT molecular complexity index is 263. The van der Waals surface area contributed by atoms with E-state index in [9.17, 15) is 9.59 Å². The van der Waals surface area contributed by atoms with Gasteiger partial charge in [0, 0.05) is 26.7 Å². The Labute approximate surface area is 82.6 Å². The Morgan fingerprint density at radius 1 is 1.36 bits per heavy atom. The fourth-order valence-corrected chi connectivity index (χ4v) is 1.52. The Morgan fingerprint density at radius 2 is 2.07 bits per heavy atom. The van der Waals surface area contributed by atoms with E-state index < -0.39 is 5.91 Å². The number of piperazine rings is 1. The number of ether oxygens (including phenoxy) is 1. The van der Waals surface area contributed by atoms with Crippen molar-refractivity contribution in [3.8, 4) is 0 Å². The molecule has 0 spiro atoms. The number of carbonyl (C=O) groups excluding carboxylic acids is 2. The predicted molar refractivity (Wildman–Crippen MR) is 48.6 cm³/mol. The largest absolute Gasteiger partial charge is 0.373 e. The summed E-state index contributed by atoms with van der Waals surface area (Å²) < 4.78 is 5.05. The molecule has 0 bridgehead atoms. The zero-order valence-electron chi connectivity index (χ0n) is 8.23. The van der Waals surface area contributed by atoms with Crippen LogP contribution in [0.25, 0.3) is 0 Å². The third kappa shape index (κ3) is 1.87. The summed E-state index contributed by atoms with van der Waals surface area (Å²) in [6.07, 6.45) is 1.17. The number of carbonyl (C=O) groups is 2. The fourth-order valence-electron chi connectivity index (χ4n) is 1.52. The van der Waals surface area contributed by atoms with Gasteiger partial charge < -0.3 is 14.5 Å². The molecule has 2 fully saturated rings. The molecule has 0 aromatic rings. The van der Waals surface area contributed by atoms with Crippen molar-refractivity contribution in [1.82, 2.24) is 9.80 Å². The molecule has 2 aliphatic rings. The highest BCUT2D eigenvalue weighted by atomic mass is 16.6. The van der Waals surface area contributed by atoms with Gasteiger partial charge >= 0.3 is 11.8 Å². The second-order valence-corrected chi connectivity index (χ2v) is 3.76. The van der Waals surface area contributed by atoms with Gasteiger partial charge in [-0.05, 0) is 6.42 Å². The standard InChI is InChI=1S/C9H14N2O3/c1-10-4-5-11(9(13)8(10)12)3-2-7-6-14-7/h7H,2-6H2,1H3. The van der Waals surface area contributed by atoms with E-state index in [1.165, 1.54) is 4.90 Å². The molecule has 2 aliphatic heterocycles. The SMILES string of the molecule is CN1CCN(CCC2CO2)C(=O)C1=O. The summed E-state index contributed by atoms with van der Waals surface area (Å²) in [4.78, 5) is 25.8. The molecular formula is C9H14N2O3. The van der Waals surface area contributed by atoms with Gasteiger partial charge in [0.25, 0.3) is 0 Å². The summed E-state index contributed by atoms with van der Waals surface area (Å²) in [6, 6.07) is 0. The van der Waals surface area contributed by atoms with Gasteiger partial charge in [-0.3, -0.25) is 9.59 Å².